The van der Waals surface area contributed by atoms with Gasteiger partial charge in [0.25, 0.3) is 0 Å². The van der Waals surface area contributed by atoms with E-state index in [-0.39, 0.29) is 0 Å². The summed E-state index contributed by atoms with van der Waals surface area (Å²) in [7, 11) is 0. The Morgan fingerprint density at radius 1 is 0.867 bits per heavy atom. The maximum Gasteiger partial charge on any atom is 0.00387 e. The van der Waals surface area contributed by atoms with E-state index in [1.807, 2.05) is 0 Å². The molecule has 0 saturated heterocycles. The first kappa shape index (κ1) is 15.0. The third-order valence-electron chi connectivity index (χ3n) is 2.94. The largest absolute Gasteiger partial charge is 0.314 e. The van der Waals surface area contributed by atoms with Gasteiger partial charge < -0.3 is 5.32 Å². The van der Waals surface area contributed by atoms with Crippen LogP contribution in [-0.2, 0) is 0 Å². The highest BCUT2D eigenvalue weighted by Crippen LogP contribution is 2.06. The van der Waals surface area contributed by atoms with E-state index in [4.69, 9.17) is 0 Å². The Morgan fingerprint density at radius 2 is 1.60 bits per heavy atom. The van der Waals surface area contributed by atoms with Gasteiger partial charge in [-0.3, -0.25) is 0 Å². The number of unbranched alkanes of at least 4 members (excludes halogenated alkanes) is 3. The van der Waals surface area contributed by atoms with Crippen molar-refractivity contribution >= 4 is 0 Å². The van der Waals surface area contributed by atoms with E-state index in [1.54, 1.807) is 0 Å². The zero-order valence-electron chi connectivity index (χ0n) is 11.3. The lowest BCUT2D eigenvalue weighted by molar-refractivity contribution is 0.456. The highest BCUT2D eigenvalue weighted by Gasteiger charge is 2.00. The molecule has 0 radical (unpaired) electrons. The SMILES string of the molecule is CCCCCCC(C)NCCCC(C)C. The zero-order valence-corrected chi connectivity index (χ0v) is 11.3. The number of rotatable bonds is 10. The first-order chi connectivity index (χ1) is 7.16. The Labute approximate surface area is 97.0 Å². The van der Waals surface area contributed by atoms with Crippen molar-refractivity contribution in [2.75, 3.05) is 6.54 Å². The van der Waals surface area contributed by atoms with Gasteiger partial charge in [-0.2, -0.15) is 0 Å². The highest BCUT2D eigenvalue weighted by atomic mass is 14.9. The molecule has 0 aromatic carbocycles. The van der Waals surface area contributed by atoms with Crippen LogP contribution in [0, 0.1) is 5.92 Å². The maximum atomic E-state index is 3.61. The van der Waals surface area contributed by atoms with Crippen molar-refractivity contribution < 1.29 is 0 Å². The van der Waals surface area contributed by atoms with Gasteiger partial charge in [0.1, 0.15) is 0 Å². The minimum atomic E-state index is 0.717. The van der Waals surface area contributed by atoms with Gasteiger partial charge in [0.15, 0.2) is 0 Å². The summed E-state index contributed by atoms with van der Waals surface area (Å²) < 4.78 is 0. The molecule has 0 aromatic heterocycles. The van der Waals surface area contributed by atoms with E-state index in [9.17, 15) is 0 Å². The molecule has 0 aliphatic carbocycles. The van der Waals surface area contributed by atoms with Crippen LogP contribution in [0.1, 0.15) is 72.6 Å². The van der Waals surface area contributed by atoms with Crippen molar-refractivity contribution in [3.8, 4) is 0 Å². The van der Waals surface area contributed by atoms with Crippen molar-refractivity contribution in [3.05, 3.63) is 0 Å². The molecular formula is C14H31N. The normalized spacial score (nSPS) is 13.4. The first-order valence-corrected chi connectivity index (χ1v) is 6.90. The molecule has 0 saturated carbocycles. The molecule has 0 bridgehead atoms. The van der Waals surface area contributed by atoms with Gasteiger partial charge in [-0.05, 0) is 38.6 Å². The summed E-state index contributed by atoms with van der Waals surface area (Å²) in [6.07, 6.45) is 9.59. The van der Waals surface area contributed by atoms with Crippen LogP contribution in [-0.4, -0.2) is 12.6 Å². The van der Waals surface area contributed by atoms with Crippen molar-refractivity contribution in [1.82, 2.24) is 5.32 Å². The van der Waals surface area contributed by atoms with Gasteiger partial charge in [0.05, 0.1) is 0 Å². The Kier molecular flexibility index (Phi) is 10.4. The second-order valence-corrected chi connectivity index (χ2v) is 5.24. The Bertz CT molecular complexity index is 121. The summed E-state index contributed by atoms with van der Waals surface area (Å²) in [5, 5.41) is 3.61. The summed E-state index contributed by atoms with van der Waals surface area (Å²) in [5.41, 5.74) is 0. The molecule has 0 aromatic rings. The fourth-order valence-electron chi connectivity index (χ4n) is 1.84. The van der Waals surface area contributed by atoms with Crippen LogP contribution in [0.4, 0.5) is 0 Å². The van der Waals surface area contributed by atoms with Crippen LogP contribution in [0.25, 0.3) is 0 Å². The van der Waals surface area contributed by atoms with Gasteiger partial charge in [-0.25, -0.2) is 0 Å². The van der Waals surface area contributed by atoms with Gasteiger partial charge in [-0.1, -0.05) is 46.5 Å². The number of nitrogens with one attached hydrogen (secondary N) is 1. The third-order valence-corrected chi connectivity index (χ3v) is 2.94. The summed E-state index contributed by atoms with van der Waals surface area (Å²) in [6.45, 7) is 10.4. The summed E-state index contributed by atoms with van der Waals surface area (Å²) in [5.74, 6) is 0.853. The van der Waals surface area contributed by atoms with Crippen molar-refractivity contribution in [1.29, 1.82) is 0 Å². The standard InChI is InChI=1S/C14H31N/c1-5-6-7-8-11-14(4)15-12-9-10-13(2)3/h13-15H,5-12H2,1-4H3. The fourth-order valence-corrected chi connectivity index (χ4v) is 1.84. The first-order valence-electron chi connectivity index (χ1n) is 6.90. The van der Waals surface area contributed by atoms with Crippen molar-refractivity contribution in [2.24, 2.45) is 5.92 Å². The summed E-state index contributed by atoms with van der Waals surface area (Å²) in [4.78, 5) is 0. The lowest BCUT2D eigenvalue weighted by Gasteiger charge is -2.14. The van der Waals surface area contributed by atoms with E-state index < -0.39 is 0 Å². The quantitative estimate of drug-likeness (QED) is 0.531. The van der Waals surface area contributed by atoms with E-state index >= 15 is 0 Å². The molecular weight excluding hydrogens is 182 g/mol. The number of hydrogen-bond donors (Lipinski definition) is 1. The van der Waals surface area contributed by atoms with Gasteiger partial charge in [0, 0.05) is 6.04 Å². The molecule has 0 fully saturated rings. The van der Waals surface area contributed by atoms with Crippen LogP contribution in [0.2, 0.25) is 0 Å². The van der Waals surface area contributed by atoms with Crippen molar-refractivity contribution in [2.45, 2.75) is 78.7 Å². The molecule has 1 N–H and O–H groups in total. The predicted octanol–water partition coefficient (Wildman–Crippen LogP) is 4.37. The average Bonchev–Trinajstić information content (AvgIpc) is 2.19. The molecule has 0 rings (SSSR count). The molecule has 1 heteroatoms. The fraction of sp³-hybridized carbons (Fsp3) is 1.00. The smallest absolute Gasteiger partial charge is 0.00387 e. The molecule has 0 heterocycles. The van der Waals surface area contributed by atoms with Gasteiger partial charge in [-0.15, -0.1) is 0 Å². The van der Waals surface area contributed by atoms with Crippen molar-refractivity contribution in [3.63, 3.8) is 0 Å². The maximum absolute atomic E-state index is 3.61. The molecule has 92 valence electrons. The minimum Gasteiger partial charge on any atom is -0.314 e. The second-order valence-electron chi connectivity index (χ2n) is 5.24. The topological polar surface area (TPSA) is 12.0 Å². The Balaban J connectivity index is 3.15. The molecule has 15 heavy (non-hydrogen) atoms. The predicted molar refractivity (Wildman–Crippen MR) is 70.3 cm³/mol. The molecule has 1 unspecified atom stereocenters. The zero-order chi connectivity index (χ0) is 11.5. The lowest BCUT2D eigenvalue weighted by Crippen LogP contribution is -2.27. The Hall–Kier alpha value is -0.0400. The molecule has 1 atom stereocenters. The molecule has 0 aliphatic heterocycles. The monoisotopic (exact) mass is 213 g/mol. The van der Waals surface area contributed by atoms with E-state index in [0.717, 1.165) is 5.92 Å². The molecule has 0 spiro atoms. The molecule has 0 aliphatic rings. The van der Waals surface area contributed by atoms with Crippen LogP contribution in [0.3, 0.4) is 0 Å². The summed E-state index contributed by atoms with van der Waals surface area (Å²) >= 11 is 0. The van der Waals surface area contributed by atoms with E-state index in [2.05, 4.69) is 33.0 Å². The number of hydrogen-bond acceptors (Lipinski definition) is 1. The molecule has 0 amide bonds. The van der Waals surface area contributed by atoms with E-state index in [1.165, 1.54) is 51.5 Å². The second kappa shape index (κ2) is 10.5. The molecule has 1 nitrogen and oxygen atoms in total. The van der Waals surface area contributed by atoms with Crippen LogP contribution in [0.15, 0.2) is 0 Å². The third kappa shape index (κ3) is 11.9. The lowest BCUT2D eigenvalue weighted by atomic mass is 10.1. The van der Waals surface area contributed by atoms with Crippen LogP contribution < -0.4 is 5.32 Å². The van der Waals surface area contributed by atoms with Gasteiger partial charge in [0.2, 0.25) is 0 Å². The van der Waals surface area contributed by atoms with Gasteiger partial charge >= 0.3 is 0 Å². The average molecular weight is 213 g/mol. The Morgan fingerprint density at radius 3 is 2.20 bits per heavy atom. The summed E-state index contributed by atoms with van der Waals surface area (Å²) in [6, 6.07) is 0.717. The highest BCUT2D eigenvalue weighted by molar-refractivity contribution is 4.61. The van der Waals surface area contributed by atoms with Crippen LogP contribution >= 0.6 is 0 Å². The minimum absolute atomic E-state index is 0.717. The van der Waals surface area contributed by atoms with Crippen LogP contribution in [0.5, 0.6) is 0 Å². The van der Waals surface area contributed by atoms with E-state index in [0.29, 0.717) is 6.04 Å².